The minimum atomic E-state index is -0.100. The lowest BCUT2D eigenvalue weighted by Crippen LogP contribution is -2.11. The average molecular weight is 358 g/mol. The minimum absolute atomic E-state index is 0.100. The second-order valence-electron chi connectivity index (χ2n) is 6.23. The molecular formula is C22H18N2OS. The lowest BCUT2D eigenvalue weighted by Gasteiger charge is -2.07. The van der Waals surface area contributed by atoms with Gasteiger partial charge in [-0.1, -0.05) is 42.5 Å². The van der Waals surface area contributed by atoms with Gasteiger partial charge in [0.25, 0.3) is 5.91 Å². The average Bonchev–Trinajstić information content (AvgIpc) is 3.02. The summed E-state index contributed by atoms with van der Waals surface area (Å²) in [5.41, 5.74) is 4.87. The predicted molar refractivity (Wildman–Crippen MR) is 108 cm³/mol. The van der Waals surface area contributed by atoms with Crippen LogP contribution in [0.25, 0.3) is 10.2 Å². The molecule has 0 spiro atoms. The van der Waals surface area contributed by atoms with Crippen LogP contribution in [-0.4, -0.2) is 10.9 Å². The molecule has 3 aromatic carbocycles. The van der Waals surface area contributed by atoms with Crippen LogP contribution < -0.4 is 5.32 Å². The molecule has 1 heterocycles. The third-order valence-corrected chi connectivity index (χ3v) is 5.15. The number of nitrogens with one attached hydrogen (secondary N) is 1. The molecule has 3 nitrogen and oxygen atoms in total. The lowest BCUT2D eigenvalue weighted by molar-refractivity contribution is 0.102. The van der Waals surface area contributed by atoms with E-state index >= 15 is 0 Å². The Morgan fingerprint density at radius 1 is 0.962 bits per heavy atom. The van der Waals surface area contributed by atoms with Crippen LogP contribution in [0.15, 0.2) is 72.8 Å². The number of thiazole rings is 1. The van der Waals surface area contributed by atoms with E-state index in [2.05, 4.69) is 22.4 Å². The highest BCUT2D eigenvalue weighted by atomic mass is 32.1. The molecule has 0 aliphatic heterocycles. The van der Waals surface area contributed by atoms with Crippen LogP contribution >= 0.6 is 11.3 Å². The fraction of sp³-hybridized carbons (Fsp3) is 0.0909. The molecule has 1 aromatic heterocycles. The van der Waals surface area contributed by atoms with Crippen molar-refractivity contribution in [3.05, 3.63) is 94.5 Å². The first-order chi connectivity index (χ1) is 12.7. The molecule has 26 heavy (non-hydrogen) atoms. The fourth-order valence-corrected chi connectivity index (χ4v) is 3.79. The molecule has 128 valence electrons. The Morgan fingerprint density at radius 3 is 2.46 bits per heavy atom. The van der Waals surface area contributed by atoms with Crippen molar-refractivity contribution in [2.75, 3.05) is 5.32 Å². The van der Waals surface area contributed by atoms with E-state index < -0.39 is 0 Å². The second-order valence-corrected chi connectivity index (χ2v) is 7.46. The van der Waals surface area contributed by atoms with Crippen LogP contribution in [0, 0.1) is 6.92 Å². The van der Waals surface area contributed by atoms with Crippen LogP contribution in [0.4, 0.5) is 5.69 Å². The number of hydrogen-bond donors (Lipinski definition) is 1. The highest BCUT2D eigenvalue weighted by Crippen LogP contribution is 2.25. The Balaban J connectivity index is 1.47. The highest BCUT2D eigenvalue weighted by molar-refractivity contribution is 7.18. The van der Waals surface area contributed by atoms with Gasteiger partial charge in [0.05, 0.1) is 15.2 Å². The van der Waals surface area contributed by atoms with Gasteiger partial charge >= 0.3 is 0 Å². The highest BCUT2D eigenvalue weighted by Gasteiger charge is 2.08. The first kappa shape index (κ1) is 16.5. The van der Waals surface area contributed by atoms with Gasteiger partial charge in [-0.3, -0.25) is 4.79 Å². The summed E-state index contributed by atoms with van der Waals surface area (Å²) in [4.78, 5) is 16.9. The molecule has 0 aliphatic carbocycles. The monoisotopic (exact) mass is 358 g/mol. The number of anilines is 1. The van der Waals surface area contributed by atoms with Crippen molar-refractivity contribution in [1.82, 2.24) is 4.98 Å². The standard InChI is InChI=1S/C22H18N2OS/c1-15-23-20-12-11-19(14-21(20)26-15)24-22(25)18-9-7-17(8-10-18)13-16-5-3-2-4-6-16/h2-12,14H,13H2,1H3,(H,24,25). The van der Waals surface area contributed by atoms with E-state index in [1.165, 1.54) is 11.1 Å². The van der Waals surface area contributed by atoms with Gasteiger partial charge in [0.2, 0.25) is 0 Å². The molecule has 0 radical (unpaired) electrons. The van der Waals surface area contributed by atoms with E-state index in [4.69, 9.17) is 0 Å². The van der Waals surface area contributed by atoms with Crippen LogP contribution in [-0.2, 0) is 6.42 Å². The molecule has 0 unspecified atom stereocenters. The first-order valence-corrected chi connectivity index (χ1v) is 9.30. The second kappa shape index (κ2) is 7.10. The Labute approximate surface area is 156 Å². The zero-order chi connectivity index (χ0) is 17.9. The topological polar surface area (TPSA) is 42.0 Å². The molecular weight excluding hydrogens is 340 g/mol. The summed E-state index contributed by atoms with van der Waals surface area (Å²) in [7, 11) is 0. The molecule has 0 saturated carbocycles. The van der Waals surface area contributed by atoms with E-state index in [9.17, 15) is 4.79 Å². The molecule has 1 N–H and O–H groups in total. The number of aryl methyl sites for hydroxylation is 1. The van der Waals surface area contributed by atoms with Crippen molar-refractivity contribution in [2.24, 2.45) is 0 Å². The molecule has 0 fully saturated rings. The number of aromatic nitrogens is 1. The van der Waals surface area contributed by atoms with Crippen molar-refractivity contribution in [3.63, 3.8) is 0 Å². The lowest BCUT2D eigenvalue weighted by atomic mass is 10.0. The normalized spacial score (nSPS) is 10.8. The predicted octanol–water partition coefficient (Wildman–Crippen LogP) is 5.45. The maximum Gasteiger partial charge on any atom is 0.255 e. The Morgan fingerprint density at radius 2 is 1.69 bits per heavy atom. The number of fused-ring (bicyclic) bond motifs is 1. The van der Waals surface area contributed by atoms with E-state index in [0.29, 0.717) is 5.56 Å². The quantitative estimate of drug-likeness (QED) is 0.527. The van der Waals surface area contributed by atoms with Crippen LogP contribution in [0.5, 0.6) is 0 Å². The fourth-order valence-electron chi connectivity index (χ4n) is 2.93. The zero-order valence-electron chi connectivity index (χ0n) is 14.4. The molecule has 1 amide bonds. The van der Waals surface area contributed by atoms with Crippen LogP contribution in [0.2, 0.25) is 0 Å². The van der Waals surface area contributed by atoms with Gasteiger partial charge in [0.15, 0.2) is 0 Å². The number of rotatable bonds is 4. The van der Waals surface area contributed by atoms with Gasteiger partial charge in [0, 0.05) is 11.3 Å². The number of nitrogens with zero attached hydrogens (tertiary/aromatic N) is 1. The number of carbonyl (C=O) groups excluding carboxylic acids is 1. The Kier molecular flexibility index (Phi) is 4.50. The van der Waals surface area contributed by atoms with Gasteiger partial charge in [-0.2, -0.15) is 0 Å². The van der Waals surface area contributed by atoms with Crippen LogP contribution in [0.3, 0.4) is 0 Å². The number of amides is 1. The largest absolute Gasteiger partial charge is 0.322 e. The van der Waals surface area contributed by atoms with Crippen LogP contribution in [0.1, 0.15) is 26.5 Å². The van der Waals surface area contributed by atoms with E-state index in [1.807, 2.05) is 67.6 Å². The summed E-state index contributed by atoms with van der Waals surface area (Å²) in [6.45, 7) is 1.99. The van der Waals surface area contributed by atoms with Gasteiger partial charge in [-0.25, -0.2) is 4.98 Å². The maximum atomic E-state index is 12.5. The molecule has 0 atom stereocenters. The van der Waals surface area contributed by atoms with Crippen molar-refractivity contribution >= 4 is 33.1 Å². The van der Waals surface area contributed by atoms with Crippen molar-refractivity contribution in [2.45, 2.75) is 13.3 Å². The third kappa shape index (κ3) is 3.65. The summed E-state index contributed by atoms with van der Waals surface area (Å²) in [5, 5.41) is 3.99. The van der Waals surface area contributed by atoms with Gasteiger partial charge < -0.3 is 5.32 Å². The van der Waals surface area contributed by atoms with Gasteiger partial charge in [-0.05, 0) is 54.8 Å². The Bertz CT molecular complexity index is 1050. The molecule has 4 aromatic rings. The van der Waals surface area contributed by atoms with E-state index in [-0.39, 0.29) is 5.91 Å². The molecule has 4 rings (SSSR count). The summed E-state index contributed by atoms with van der Waals surface area (Å²) < 4.78 is 1.08. The van der Waals surface area contributed by atoms with Crippen molar-refractivity contribution < 1.29 is 4.79 Å². The Hall–Kier alpha value is -2.98. The number of carbonyl (C=O) groups is 1. The molecule has 0 bridgehead atoms. The van der Waals surface area contributed by atoms with Gasteiger partial charge in [0.1, 0.15) is 0 Å². The minimum Gasteiger partial charge on any atom is -0.322 e. The summed E-state index contributed by atoms with van der Waals surface area (Å²) in [6.07, 6.45) is 0.865. The maximum absolute atomic E-state index is 12.5. The molecule has 0 saturated heterocycles. The molecule has 0 aliphatic rings. The smallest absolute Gasteiger partial charge is 0.255 e. The van der Waals surface area contributed by atoms with Crippen molar-refractivity contribution in [3.8, 4) is 0 Å². The van der Waals surface area contributed by atoms with Crippen molar-refractivity contribution in [1.29, 1.82) is 0 Å². The summed E-state index contributed by atoms with van der Waals surface area (Å²) in [5.74, 6) is -0.100. The summed E-state index contributed by atoms with van der Waals surface area (Å²) in [6, 6.07) is 23.9. The first-order valence-electron chi connectivity index (χ1n) is 8.49. The number of hydrogen-bond acceptors (Lipinski definition) is 3. The SMILES string of the molecule is Cc1nc2ccc(NC(=O)c3ccc(Cc4ccccc4)cc3)cc2s1. The van der Waals surface area contributed by atoms with E-state index in [1.54, 1.807) is 11.3 Å². The van der Waals surface area contributed by atoms with E-state index in [0.717, 1.165) is 27.3 Å². The number of benzene rings is 3. The summed E-state index contributed by atoms with van der Waals surface area (Å²) >= 11 is 1.63. The zero-order valence-corrected chi connectivity index (χ0v) is 15.2. The third-order valence-electron chi connectivity index (χ3n) is 4.22. The van der Waals surface area contributed by atoms with Gasteiger partial charge in [-0.15, -0.1) is 11.3 Å². The molecule has 4 heteroatoms.